The fourth-order valence-corrected chi connectivity index (χ4v) is 4.30. The van der Waals surface area contributed by atoms with E-state index in [1.165, 1.54) is 10.9 Å². The number of nitrogens with one attached hydrogen (secondary N) is 1. The number of fused-ring (bicyclic) bond motifs is 1. The highest BCUT2D eigenvalue weighted by Crippen LogP contribution is 2.37. The Morgan fingerprint density at radius 2 is 2.10 bits per heavy atom. The van der Waals surface area contributed by atoms with Crippen molar-refractivity contribution in [1.29, 1.82) is 0 Å². The van der Waals surface area contributed by atoms with Crippen LogP contribution in [0.2, 0.25) is 5.28 Å². The number of hydrogen-bond donors (Lipinski definition) is 4. The van der Waals surface area contributed by atoms with Crippen molar-refractivity contribution in [3.8, 4) is 0 Å². The van der Waals surface area contributed by atoms with E-state index in [0.717, 1.165) is 25.7 Å². The molecular formula is C16H22ClFN5O6P. The minimum atomic E-state index is -4.38. The maximum absolute atomic E-state index is 14.8. The topological polar surface area (TPSA) is 152 Å². The summed E-state index contributed by atoms with van der Waals surface area (Å²) in [5, 5.41) is 13.4. The van der Waals surface area contributed by atoms with Crippen molar-refractivity contribution in [2.75, 3.05) is 18.3 Å². The fourth-order valence-electron chi connectivity index (χ4n) is 3.79. The Balaban J connectivity index is 1.55. The third-order valence-electron chi connectivity index (χ3n) is 5.20. The van der Waals surface area contributed by atoms with Gasteiger partial charge in [0.25, 0.3) is 0 Å². The molecule has 4 N–H and O–H groups in total. The summed E-state index contributed by atoms with van der Waals surface area (Å²) in [4.78, 5) is 30.3. The summed E-state index contributed by atoms with van der Waals surface area (Å²) in [6, 6.07) is 0.248. The number of imidazole rings is 1. The summed E-state index contributed by atoms with van der Waals surface area (Å²) in [7, 11) is -4.38. The van der Waals surface area contributed by atoms with Gasteiger partial charge < -0.3 is 29.7 Å². The lowest BCUT2D eigenvalue weighted by atomic mass is 10.1. The molecule has 4 rings (SSSR count). The number of aliphatic hydroxyl groups excluding tert-OH is 1. The van der Waals surface area contributed by atoms with Crippen LogP contribution in [0.25, 0.3) is 11.2 Å². The molecule has 0 unspecified atom stereocenters. The molecule has 0 bridgehead atoms. The largest absolute Gasteiger partial charge is 0.387 e. The fraction of sp³-hybridized carbons (Fsp3) is 0.688. The molecule has 0 amide bonds. The second kappa shape index (κ2) is 8.62. The van der Waals surface area contributed by atoms with E-state index >= 15 is 0 Å². The average Bonchev–Trinajstić information content (AvgIpc) is 3.37. The Morgan fingerprint density at radius 3 is 2.80 bits per heavy atom. The van der Waals surface area contributed by atoms with Gasteiger partial charge in [-0.15, -0.1) is 0 Å². The number of aromatic nitrogens is 4. The molecule has 0 aromatic carbocycles. The maximum Gasteiger partial charge on any atom is 0.350 e. The summed E-state index contributed by atoms with van der Waals surface area (Å²) in [5.41, 5.74) is 0.643. The SMILES string of the molecule is O=P(O)(O)COC[C@H]1O[C@@H](n2cnc3c(NC4CCCC4)nc(Cl)nc32)[C@@H](F)[C@@H]1O. The zero-order chi connectivity index (χ0) is 21.5. The lowest BCUT2D eigenvalue weighted by Gasteiger charge is -2.16. The standard InChI is InChI=1S/C16H22ClFN5O6P/c17-16-21-13(20-8-3-1-2-4-8)11-14(22-16)23(6-19-11)15-10(18)12(24)9(29-15)5-28-7-30(25,26)27/h6,8-10,12,15,24H,1-5,7H2,(H,20,21,22)(H2,25,26,27)/t9-,10+,12-,15-/m1/s1. The Hall–Kier alpha value is -1.40. The first kappa shape index (κ1) is 21.8. The van der Waals surface area contributed by atoms with Crippen LogP contribution in [0.4, 0.5) is 10.2 Å². The van der Waals surface area contributed by atoms with Gasteiger partial charge in [0.1, 0.15) is 18.6 Å². The first-order valence-electron chi connectivity index (χ1n) is 9.49. The summed E-state index contributed by atoms with van der Waals surface area (Å²) < 4.78 is 37.4. The highest BCUT2D eigenvalue weighted by atomic mass is 35.5. The molecule has 0 spiro atoms. The molecule has 0 radical (unpaired) electrons. The second-order valence-corrected chi connectivity index (χ2v) is 9.38. The van der Waals surface area contributed by atoms with Crippen LogP contribution < -0.4 is 5.32 Å². The number of rotatable bonds is 7. The molecule has 4 atom stereocenters. The van der Waals surface area contributed by atoms with Crippen LogP contribution in [0.3, 0.4) is 0 Å². The lowest BCUT2D eigenvalue weighted by molar-refractivity contribution is -0.0581. The first-order valence-corrected chi connectivity index (χ1v) is 11.7. The Morgan fingerprint density at radius 1 is 1.37 bits per heavy atom. The first-order chi connectivity index (χ1) is 14.2. The number of alkyl halides is 1. The minimum absolute atomic E-state index is 0.0415. The van der Waals surface area contributed by atoms with Crippen molar-refractivity contribution in [1.82, 2.24) is 19.5 Å². The van der Waals surface area contributed by atoms with Gasteiger partial charge in [0, 0.05) is 6.04 Å². The molecule has 2 aromatic heterocycles. The van der Waals surface area contributed by atoms with Gasteiger partial charge in [0.2, 0.25) is 5.28 Å². The number of hydrogen-bond acceptors (Lipinski definition) is 8. The number of ether oxygens (including phenoxy) is 2. The van der Waals surface area contributed by atoms with Gasteiger partial charge >= 0.3 is 7.60 Å². The molecular weight excluding hydrogens is 444 g/mol. The molecule has 3 heterocycles. The van der Waals surface area contributed by atoms with Gasteiger partial charge in [-0.3, -0.25) is 9.13 Å². The maximum atomic E-state index is 14.8. The van der Waals surface area contributed by atoms with Gasteiger partial charge in [-0.2, -0.15) is 9.97 Å². The molecule has 1 saturated carbocycles. The van der Waals surface area contributed by atoms with E-state index in [-0.39, 0.29) is 23.6 Å². The number of halogens is 2. The van der Waals surface area contributed by atoms with E-state index in [1.807, 2.05) is 0 Å². The zero-order valence-electron chi connectivity index (χ0n) is 15.8. The highest BCUT2D eigenvalue weighted by molar-refractivity contribution is 7.51. The van der Waals surface area contributed by atoms with Gasteiger partial charge in [-0.05, 0) is 24.4 Å². The number of aliphatic hydroxyl groups is 1. The summed E-state index contributed by atoms with van der Waals surface area (Å²) in [6.45, 7) is -0.389. The molecule has 166 valence electrons. The third-order valence-corrected chi connectivity index (χ3v) is 5.89. The quantitative estimate of drug-likeness (QED) is 0.350. The van der Waals surface area contributed by atoms with E-state index in [0.29, 0.717) is 11.3 Å². The minimum Gasteiger partial charge on any atom is -0.387 e. The molecule has 2 fully saturated rings. The van der Waals surface area contributed by atoms with Crippen molar-refractivity contribution in [2.45, 2.75) is 56.3 Å². The van der Waals surface area contributed by atoms with Crippen LogP contribution in [-0.2, 0) is 14.0 Å². The lowest BCUT2D eigenvalue weighted by Crippen LogP contribution is -2.31. The summed E-state index contributed by atoms with van der Waals surface area (Å²) >= 11 is 6.07. The van der Waals surface area contributed by atoms with Crippen molar-refractivity contribution in [3.05, 3.63) is 11.6 Å². The predicted molar refractivity (Wildman–Crippen MR) is 104 cm³/mol. The number of anilines is 1. The van der Waals surface area contributed by atoms with E-state index in [1.54, 1.807) is 0 Å². The van der Waals surface area contributed by atoms with Crippen molar-refractivity contribution < 1.29 is 33.3 Å². The van der Waals surface area contributed by atoms with E-state index in [9.17, 15) is 14.1 Å². The van der Waals surface area contributed by atoms with Crippen molar-refractivity contribution in [3.63, 3.8) is 0 Å². The predicted octanol–water partition coefficient (Wildman–Crippen LogP) is 1.58. The smallest absolute Gasteiger partial charge is 0.350 e. The molecule has 14 heteroatoms. The molecule has 1 aliphatic heterocycles. The Labute approximate surface area is 175 Å². The van der Waals surface area contributed by atoms with Crippen molar-refractivity contribution >= 4 is 36.2 Å². The summed E-state index contributed by atoms with van der Waals surface area (Å²) in [6.07, 6.45) is -1.06. The molecule has 1 aliphatic carbocycles. The second-order valence-electron chi connectivity index (χ2n) is 7.46. The van der Waals surface area contributed by atoms with E-state index in [2.05, 4.69) is 20.3 Å². The molecule has 30 heavy (non-hydrogen) atoms. The molecule has 1 saturated heterocycles. The van der Waals surface area contributed by atoms with Gasteiger partial charge in [0.15, 0.2) is 29.4 Å². The Bertz CT molecular complexity index is 954. The van der Waals surface area contributed by atoms with E-state index in [4.69, 9.17) is 30.9 Å². The van der Waals surface area contributed by atoms with E-state index < -0.39 is 38.6 Å². The molecule has 11 nitrogen and oxygen atoms in total. The highest BCUT2D eigenvalue weighted by Gasteiger charge is 2.46. The van der Waals surface area contributed by atoms with Gasteiger partial charge in [-0.25, -0.2) is 9.37 Å². The van der Waals surface area contributed by atoms with Crippen LogP contribution >= 0.6 is 19.2 Å². The van der Waals surface area contributed by atoms with Crippen LogP contribution in [0.1, 0.15) is 31.9 Å². The van der Waals surface area contributed by atoms with Crippen LogP contribution in [0, 0.1) is 0 Å². The molecule has 2 aliphatic rings. The number of nitrogens with zero attached hydrogens (tertiary/aromatic N) is 4. The normalized spacial score (nSPS) is 27.9. The van der Waals surface area contributed by atoms with Crippen LogP contribution in [0.15, 0.2) is 6.33 Å². The Kier molecular flexibility index (Phi) is 6.27. The molecule has 2 aromatic rings. The van der Waals surface area contributed by atoms with Gasteiger partial charge in [-0.1, -0.05) is 12.8 Å². The van der Waals surface area contributed by atoms with Crippen LogP contribution in [-0.4, -0.2) is 71.8 Å². The third kappa shape index (κ3) is 4.59. The van der Waals surface area contributed by atoms with Crippen molar-refractivity contribution in [2.24, 2.45) is 0 Å². The average molecular weight is 466 g/mol. The summed E-state index contributed by atoms with van der Waals surface area (Å²) in [5.74, 6) is 0.450. The van der Waals surface area contributed by atoms with Gasteiger partial charge in [0.05, 0.1) is 12.9 Å². The zero-order valence-corrected chi connectivity index (χ0v) is 17.4. The van der Waals surface area contributed by atoms with Crippen LogP contribution in [0.5, 0.6) is 0 Å². The monoisotopic (exact) mass is 465 g/mol.